The van der Waals surface area contributed by atoms with Crippen LogP contribution in [0.3, 0.4) is 0 Å². The van der Waals surface area contributed by atoms with Crippen molar-refractivity contribution in [3.05, 3.63) is 88.2 Å². The highest BCUT2D eigenvalue weighted by Crippen LogP contribution is 2.34. The molecule has 7 nitrogen and oxygen atoms in total. The quantitative estimate of drug-likeness (QED) is 0.373. The summed E-state index contributed by atoms with van der Waals surface area (Å²) in [6, 6.07) is 12.6. The van der Waals surface area contributed by atoms with Crippen LogP contribution < -0.4 is 5.32 Å². The zero-order chi connectivity index (χ0) is 27.6. The van der Waals surface area contributed by atoms with Gasteiger partial charge in [-0.15, -0.1) is 10.2 Å². The first kappa shape index (κ1) is 26.4. The van der Waals surface area contributed by atoms with Crippen molar-refractivity contribution in [3.8, 4) is 11.8 Å². The van der Waals surface area contributed by atoms with Crippen molar-refractivity contribution in [2.75, 3.05) is 38.5 Å². The molecule has 0 aliphatic carbocycles. The maximum atomic E-state index is 13.9. The molecule has 1 fully saturated rings. The van der Waals surface area contributed by atoms with Gasteiger partial charge in [-0.1, -0.05) is 18.1 Å². The number of halogens is 3. The second kappa shape index (κ2) is 10.9. The number of piperazine rings is 1. The van der Waals surface area contributed by atoms with Crippen LogP contribution in [0.1, 0.15) is 38.3 Å². The summed E-state index contributed by atoms with van der Waals surface area (Å²) in [5, 5.41) is 11.7. The van der Waals surface area contributed by atoms with E-state index in [1.807, 2.05) is 31.0 Å². The molecule has 10 heteroatoms. The first-order chi connectivity index (χ1) is 18.7. The van der Waals surface area contributed by atoms with Gasteiger partial charge in [-0.3, -0.25) is 9.69 Å². The molecule has 1 amide bonds. The van der Waals surface area contributed by atoms with E-state index in [2.05, 4.69) is 37.2 Å². The van der Waals surface area contributed by atoms with Crippen LogP contribution in [0.25, 0.3) is 11.0 Å². The van der Waals surface area contributed by atoms with E-state index in [9.17, 15) is 18.0 Å². The van der Waals surface area contributed by atoms with Crippen molar-refractivity contribution in [3.63, 3.8) is 0 Å². The summed E-state index contributed by atoms with van der Waals surface area (Å²) in [6.07, 6.45) is -2.77. The van der Waals surface area contributed by atoms with Crippen molar-refractivity contribution in [1.82, 2.24) is 25.0 Å². The van der Waals surface area contributed by atoms with E-state index < -0.39 is 17.6 Å². The van der Waals surface area contributed by atoms with E-state index >= 15 is 0 Å². The fourth-order valence-electron chi connectivity index (χ4n) is 4.45. The molecule has 0 saturated carbocycles. The van der Waals surface area contributed by atoms with Gasteiger partial charge in [0.2, 0.25) is 0 Å². The van der Waals surface area contributed by atoms with Gasteiger partial charge in [0, 0.05) is 61.1 Å². The molecular weight excluding hydrogens is 505 g/mol. The van der Waals surface area contributed by atoms with Crippen LogP contribution in [0.4, 0.5) is 18.9 Å². The van der Waals surface area contributed by atoms with Crippen molar-refractivity contribution in [2.45, 2.75) is 19.6 Å². The number of hydrogen-bond acceptors (Lipinski definition) is 5. The maximum absolute atomic E-state index is 13.9. The summed E-state index contributed by atoms with van der Waals surface area (Å²) < 4.78 is 41.8. The molecule has 3 heterocycles. The first-order valence-corrected chi connectivity index (χ1v) is 12.5. The van der Waals surface area contributed by atoms with Crippen LogP contribution in [-0.2, 0) is 12.7 Å². The number of hydrogen-bond donors (Lipinski definition) is 2. The van der Waals surface area contributed by atoms with Crippen LogP contribution in [0, 0.1) is 18.8 Å². The van der Waals surface area contributed by atoms with Gasteiger partial charge in [-0.2, -0.15) is 13.2 Å². The van der Waals surface area contributed by atoms with E-state index in [4.69, 9.17) is 0 Å². The number of amides is 1. The van der Waals surface area contributed by atoms with Gasteiger partial charge >= 0.3 is 6.18 Å². The molecule has 200 valence electrons. The topological polar surface area (TPSA) is 77.2 Å². The zero-order valence-corrected chi connectivity index (χ0v) is 21.6. The van der Waals surface area contributed by atoms with Crippen LogP contribution in [0.5, 0.6) is 0 Å². The van der Waals surface area contributed by atoms with Crippen molar-refractivity contribution in [1.29, 1.82) is 0 Å². The highest BCUT2D eigenvalue weighted by molar-refractivity contribution is 6.04. The lowest BCUT2D eigenvalue weighted by Gasteiger charge is -2.33. The van der Waals surface area contributed by atoms with E-state index in [0.29, 0.717) is 30.0 Å². The predicted octanol–water partition coefficient (Wildman–Crippen LogP) is 4.68. The Morgan fingerprint density at radius 3 is 2.59 bits per heavy atom. The van der Waals surface area contributed by atoms with Crippen LogP contribution >= 0.6 is 0 Å². The van der Waals surface area contributed by atoms with Crippen molar-refractivity contribution < 1.29 is 18.0 Å². The number of fused-ring (bicyclic) bond motifs is 1. The summed E-state index contributed by atoms with van der Waals surface area (Å²) in [4.78, 5) is 20.1. The number of carbonyl (C=O) groups excluding carboxylic acids is 1. The maximum Gasteiger partial charge on any atom is 0.416 e. The molecule has 2 aromatic carbocycles. The number of nitrogens with one attached hydrogen (secondary N) is 2. The number of nitrogens with zero attached hydrogens (tertiary/aromatic N) is 4. The minimum absolute atomic E-state index is 0.0812. The number of anilines is 1. The predicted molar refractivity (Wildman–Crippen MR) is 143 cm³/mol. The summed E-state index contributed by atoms with van der Waals surface area (Å²) in [6.45, 7) is 5.11. The van der Waals surface area contributed by atoms with E-state index in [-0.39, 0.29) is 23.4 Å². The number of benzene rings is 2. The van der Waals surface area contributed by atoms with Gasteiger partial charge in [-0.05, 0) is 67.4 Å². The lowest BCUT2D eigenvalue weighted by molar-refractivity contribution is -0.138. The van der Waals surface area contributed by atoms with Crippen LogP contribution in [0.2, 0.25) is 0 Å². The van der Waals surface area contributed by atoms with E-state index in [1.54, 1.807) is 24.4 Å². The number of H-pyrrole nitrogens is 1. The number of aryl methyl sites for hydroxylation is 1. The fraction of sp³-hybridized carbons (Fsp3) is 0.276. The molecule has 1 aliphatic heterocycles. The van der Waals surface area contributed by atoms with Crippen molar-refractivity contribution >= 4 is 22.6 Å². The number of rotatable bonds is 4. The highest BCUT2D eigenvalue weighted by atomic mass is 19.4. The minimum atomic E-state index is -4.54. The molecule has 0 atom stereocenters. The van der Waals surface area contributed by atoms with Gasteiger partial charge in [0.1, 0.15) is 5.69 Å². The monoisotopic (exact) mass is 532 g/mol. The number of aromatic nitrogens is 3. The molecule has 2 N–H and O–H groups in total. The minimum Gasteiger partial charge on any atom is -0.345 e. The van der Waals surface area contributed by atoms with Gasteiger partial charge in [0.05, 0.1) is 5.56 Å². The van der Waals surface area contributed by atoms with E-state index in [0.717, 1.165) is 30.1 Å². The molecule has 0 spiro atoms. The number of aromatic amines is 1. The van der Waals surface area contributed by atoms with Gasteiger partial charge in [-0.25, -0.2) is 0 Å². The molecule has 0 unspecified atom stereocenters. The molecule has 2 aromatic heterocycles. The Hall–Kier alpha value is -4.20. The Labute approximate surface area is 224 Å². The second-order valence-electron chi connectivity index (χ2n) is 9.69. The average Bonchev–Trinajstić information content (AvgIpc) is 3.38. The zero-order valence-electron chi connectivity index (χ0n) is 21.6. The molecule has 0 bridgehead atoms. The van der Waals surface area contributed by atoms with Gasteiger partial charge < -0.3 is 15.2 Å². The fourth-order valence-corrected chi connectivity index (χ4v) is 4.45. The Morgan fingerprint density at radius 2 is 1.82 bits per heavy atom. The average molecular weight is 533 g/mol. The lowest BCUT2D eigenvalue weighted by Crippen LogP contribution is -2.44. The molecule has 1 aliphatic rings. The number of likely N-dealkylation sites (N-methyl/N-ethyl adjacent to an activating group) is 1. The van der Waals surface area contributed by atoms with E-state index in [1.165, 1.54) is 12.1 Å². The summed E-state index contributed by atoms with van der Waals surface area (Å²) in [5.74, 6) is 5.47. The molecule has 4 aromatic rings. The molecule has 1 saturated heterocycles. The van der Waals surface area contributed by atoms with Gasteiger partial charge in [0.15, 0.2) is 5.65 Å². The largest absolute Gasteiger partial charge is 0.416 e. The molecule has 0 radical (unpaired) electrons. The standard InChI is InChI=1S/C29H27F3N6O/c1-19-3-4-22(15-20(19)5-8-25-16-21-9-10-33-27(21)36-35-25)28(39)34-24-7-6-23(26(17-24)29(30,31)32)18-38-13-11-37(2)12-14-38/h3-4,6-7,9-10,15-17H,11-14,18H2,1-2H3,(H,33,36)(H,34,39). The van der Waals surface area contributed by atoms with Crippen molar-refractivity contribution in [2.24, 2.45) is 0 Å². The normalized spacial score (nSPS) is 14.7. The summed E-state index contributed by atoms with van der Waals surface area (Å²) in [7, 11) is 2.00. The third-order valence-electron chi connectivity index (χ3n) is 6.79. The molecule has 39 heavy (non-hydrogen) atoms. The third-order valence-corrected chi connectivity index (χ3v) is 6.79. The molecule has 5 rings (SSSR count). The Balaban J connectivity index is 1.34. The number of alkyl halides is 3. The lowest BCUT2D eigenvalue weighted by atomic mass is 10.0. The van der Waals surface area contributed by atoms with Crippen LogP contribution in [-0.4, -0.2) is 64.1 Å². The Bertz CT molecular complexity index is 1580. The number of carbonyl (C=O) groups is 1. The second-order valence-corrected chi connectivity index (χ2v) is 9.69. The Kier molecular flexibility index (Phi) is 7.37. The summed E-state index contributed by atoms with van der Waals surface area (Å²) in [5.41, 5.74) is 2.42. The SMILES string of the molecule is Cc1ccc(C(=O)Nc2ccc(CN3CCN(C)CC3)c(C(F)(F)F)c2)cc1C#Cc1cc2cc[nH]c2nn1. The Morgan fingerprint density at radius 1 is 1.03 bits per heavy atom. The summed E-state index contributed by atoms with van der Waals surface area (Å²) >= 11 is 0. The van der Waals surface area contributed by atoms with Gasteiger partial charge in [0.25, 0.3) is 5.91 Å². The highest BCUT2D eigenvalue weighted by Gasteiger charge is 2.34. The smallest absolute Gasteiger partial charge is 0.345 e. The third kappa shape index (κ3) is 6.28. The van der Waals surface area contributed by atoms with Crippen LogP contribution in [0.15, 0.2) is 54.7 Å². The first-order valence-electron chi connectivity index (χ1n) is 12.5. The molecular formula is C29H27F3N6O.